The lowest BCUT2D eigenvalue weighted by Gasteiger charge is -2.23. The highest BCUT2D eigenvalue weighted by Gasteiger charge is 2.29. The number of benzene rings is 2. The van der Waals surface area contributed by atoms with E-state index in [1.165, 1.54) is 11.1 Å². The first-order chi connectivity index (χ1) is 16.3. The SMILES string of the molecule is CC(C)(N)C(=O)N[C@H](COCc1ccccc1)C(=O)Nc1cn(C2Cc3ccccc3C2)cn1.Cl.Cl. The Hall–Kier alpha value is -2.91. The molecule has 4 rings (SSSR count). The van der Waals surface area contributed by atoms with E-state index in [1.807, 2.05) is 41.1 Å². The Kier molecular flexibility index (Phi) is 10.5. The van der Waals surface area contributed by atoms with Gasteiger partial charge in [0.1, 0.15) is 6.04 Å². The number of carbonyl (C=O) groups is 2. The molecule has 0 radical (unpaired) electrons. The van der Waals surface area contributed by atoms with Crippen LogP contribution in [0.5, 0.6) is 0 Å². The number of amides is 2. The maximum atomic E-state index is 13.0. The molecule has 1 heterocycles. The van der Waals surface area contributed by atoms with Crippen molar-refractivity contribution in [3.05, 3.63) is 83.8 Å². The number of nitrogens with one attached hydrogen (secondary N) is 2. The van der Waals surface area contributed by atoms with Gasteiger partial charge in [-0.25, -0.2) is 4.98 Å². The van der Waals surface area contributed by atoms with E-state index in [0.29, 0.717) is 12.4 Å². The largest absolute Gasteiger partial charge is 0.374 e. The lowest BCUT2D eigenvalue weighted by molar-refractivity contribution is -0.130. The predicted octanol–water partition coefficient (Wildman–Crippen LogP) is 3.44. The normalized spacial score (nSPS) is 13.6. The summed E-state index contributed by atoms with van der Waals surface area (Å²) in [6.07, 6.45) is 5.41. The zero-order valence-corrected chi connectivity index (χ0v) is 22.0. The van der Waals surface area contributed by atoms with Crippen LogP contribution in [0, 0.1) is 0 Å². The molecule has 1 aromatic heterocycles. The maximum Gasteiger partial charge on any atom is 0.250 e. The number of fused-ring (bicyclic) bond motifs is 1. The van der Waals surface area contributed by atoms with E-state index in [2.05, 4.69) is 39.9 Å². The second-order valence-electron chi connectivity index (χ2n) is 9.27. The fourth-order valence-electron chi connectivity index (χ4n) is 3.96. The summed E-state index contributed by atoms with van der Waals surface area (Å²) in [7, 11) is 0. The molecule has 0 fully saturated rings. The number of imidazole rings is 1. The third-order valence-corrected chi connectivity index (χ3v) is 5.91. The van der Waals surface area contributed by atoms with Crippen molar-refractivity contribution in [1.29, 1.82) is 0 Å². The van der Waals surface area contributed by atoms with Crippen molar-refractivity contribution in [3.63, 3.8) is 0 Å². The zero-order valence-electron chi connectivity index (χ0n) is 20.3. The Bertz CT molecular complexity index is 1120. The Balaban J connectivity index is 0.00000228. The average Bonchev–Trinajstić information content (AvgIpc) is 3.45. The first kappa shape index (κ1) is 29.3. The van der Waals surface area contributed by atoms with Crippen molar-refractivity contribution in [3.8, 4) is 0 Å². The van der Waals surface area contributed by atoms with Gasteiger partial charge in [-0.3, -0.25) is 9.59 Å². The Morgan fingerprint density at radius 1 is 1.08 bits per heavy atom. The summed E-state index contributed by atoms with van der Waals surface area (Å²) in [6, 6.07) is 17.4. The molecule has 1 atom stereocenters. The van der Waals surface area contributed by atoms with Crippen molar-refractivity contribution in [2.45, 2.75) is 50.9 Å². The number of halogens is 2. The van der Waals surface area contributed by atoms with E-state index >= 15 is 0 Å². The van der Waals surface area contributed by atoms with Crippen LogP contribution < -0.4 is 16.4 Å². The topological polar surface area (TPSA) is 111 Å². The second-order valence-corrected chi connectivity index (χ2v) is 9.27. The van der Waals surface area contributed by atoms with Gasteiger partial charge in [0.15, 0.2) is 5.82 Å². The first-order valence-corrected chi connectivity index (χ1v) is 11.4. The molecule has 194 valence electrons. The van der Waals surface area contributed by atoms with Gasteiger partial charge in [0.25, 0.3) is 5.91 Å². The molecule has 8 nitrogen and oxygen atoms in total. The summed E-state index contributed by atoms with van der Waals surface area (Å²) >= 11 is 0. The van der Waals surface area contributed by atoms with Gasteiger partial charge in [-0.05, 0) is 43.4 Å². The summed E-state index contributed by atoms with van der Waals surface area (Å²) in [5, 5.41) is 5.51. The summed E-state index contributed by atoms with van der Waals surface area (Å²) in [4.78, 5) is 29.8. The van der Waals surface area contributed by atoms with E-state index < -0.39 is 23.4 Å². The average molecular weight is 534 g/mol. The predicted molar refractivity (Wildman–Crippen MR) is 145 cm³/mol. The monoisotopic (exact) mass is 533 g/mol. The minimum Gasteiger partial charge on any atom is -0.374 e. The standard InChI is InChI=1S/C26H31N5O3.2ClH/c1-26(2,27)25(33)29-22(16-34-15-18-8-4-3-5-9-18)24(32)30-23-14-31(17-28-23)21-12-19-10-6-7-11-20(19)13-21;;/h3-11,14,17,21-22H,12-13,15-16,27H2,1-2H3,(H,29,33)(H,30,32);2*1H/t22-;;/m1../s1. The van der Waals surface area contributed by atoms with Crippen molar-refractivity contribution < 1.29 is 14.3 Å². The van der Waals surface area contributed by atoms with E-state index in [0.717, 1.165) is 18.4 Å². The molecule has 0 saturated carbocycles. The Labute approximate surface area is 223 Å². The highest BCUT2D eigenvalue weighted by Crippen LogP contribution is 2.30. The molecule has 2 amide bonds. The fraction of sp³-hybridized carbons (Fsp3) is 0.346. The van der Waals surface area contributed by atoms with Gasteiger partial charge in [0.2, 0.25) is 5.91 Å². The first-order valence-electron chi connectivity index (χ1n) is 11.4. The van der Waals surface area contributed by atoms with Crippen molar-refractivity contribution in [2.24, 2.45) is 5.73 Å². The molecule has 0 unspecified atom stereocenters. The van der Waals surface area contributed by atoms with Gasteiger partial charge in [-0.1, -0.05) is 54.6 Å². The summed E-state index contributed by atoms with van der Waals surface area (Å²) < 4.78 is 7.76. The molecular weight excluding hydrogens is 501 g/mol. The summed E-state index contributed by atoms with van der Waals surface area (Å²) in [5.41, 5.74) is 8.44. The second kappa shape index (κ2) is 12.9. The number of carbonyl (C=O) groups excluding carboxylic acids is 2. The molecule has 0 bridgehead atoms. The third-order valence-electron chi connectivity index (χ3n) is 5.91. The van der Waals surface area contributed by atoms with Gasteiger partial charge in [0.05, 0.1) is 25.1 Å². The number of anilines is 1. The van der Waals surface area contributed by atoms with Crippen LogP contribution >= 0.6 is 24.8 Å². The highest BCUT2D eigenvalue weighted by molar-refractivity contribution is 5.98. The number of ether oxygens (including phenoxy) is 1. The summed E-state index contributed by atoms with van der Waals surface area (Å²) in [5.74, 6) is -0.425. The molecule has 36 heavy (non-hydrogen) atoms. The van der Waals surface area contributed by atoms with Crippen LogP contribution in [0.4, 0.5) is 5.82 Å². The minimum absolute atomic E-state index is 0. The lowest BCUT2D eigenvalue weighted by Crippen LogP contribution is -2.56. The van der Waals surface area contributed by atoms with Crippen molar-refractivity contribution >= 4 is 42.4 Å². The van der Waals surface area contributed by atoms with Crippen LogP contribution in [0.3, 0.4) is 0 Å². The van der Waals surface area contributed by atoms with Crippen LogP contribution in [0.2, 0.25) is 0 Å². The van der Waals surface area contributed by atoms with Crippen LogP contribution in [0.25, 0.3) is 0 Å². The van der Waals surface area contributed by atoms with E-state index in [1.54, 1.807) is 20.2 Å². The summed E-state index contributed by atoms with van der Waals surface area (Å²) in [6.45, 7) is 3.50. The van der Waals surface area contributed by atoms with Crippen molar-refractivity contribution in [1.82, 2.24) is 14.9 Å². The lowest BCUT2D eigenvalue weighted by atomic mass is 10.1. The molecular formula is C26H33Cl2N5O3. The zero-order chi connectivity index (χ0) is 24.1. The van der Waals surface area contributed by atoms with E-state index in [4.69, 9.17) is 10.5 Å². The van der Waals surface area contributed by atoms with Crippen LogP contribution in [0.1, 0.15) is 36.6 Å². The maximum absolute atomic E-state index is 13.0. The molecule has 1 aliphatic carbocycles. The minimum atomic E-state index is -1.13. The number of nitrogens with two attached hydrogens (primary N) is 1. The van der Waals surface area contributed by atoms with Gasteiger partial charge >= 0.3 is 0 Å². The number of aromatic nitrogens is 2. The van der Waals surface area contributed by atoms with Gasteiger partial charge in [-0.2, -0.15) is 0 Å². The number of rotatable bonds is 9. The van der Waals surface area contributed by atoms with Crippen LogP contribution in [-0.4, -0.2) is 39.6 Å². The molecule has 0 spiro atoms. The molecule has 2 aromatic carbocycles. The van der Waals surface area contributed by atoms with E-state index in [-0.39, 0.29) is 37.5 Å². The highest BCUT2D eigenvalue weighted by atomic mass is 35.5. The Morgan fingerprint density at radius 2 is 1.69 bits per heavy atom. The molecule has 4 N–H and O–H groups in total. The molecule has 0 saturated heterocycles. The molecule has 0 aliphatic heterocycles. The molecule has 1 aliphatic rings. The van der Waals surface area contributed by atoms with Gasteiger partial charge < -0.3 is 25.7 Å². The Morgan fingerprint density at radius 3 is 2.31 bits per heavy atom. The number of hydrogen-bond donors (Lipinski definition) is 3. The number of hydrogen-bond acceptors (Lipinski definition) is 5. The van der Waals surface area contributed by atoms with Crippen LogP contribution in [0.15, 0.2) is 67.1 Å². The van der Waals surface area contributed by atoms with Gasteiger partial charge in [-0.15, -0.1) is 24.8 Å². The molecule has 10 heteroatoms. The van der Waals surface area contributed by atoms with E-state index in [9.17, 15) is 9.59 Å². The van der Waals surface area contributed by atoms with Crippen LogP contribution in [-0.2, 0) is 33.8 Å². The number of nitrogens with zero attached hydrogens (tertiary/aromatic N) is 2. The molecule has 3 aromatic rings. The fourth-order valence-corrected chi connectivity index (χ4v) is 3.96. The quantitative estimate of drug-likeness (QED) is 0.390. The third kappa shape index (κ3) is 7.54. The van der Waals surface area contributed by atoms with Gasteiger partial charge in [0, 0.05) is 12.2 Å². The smallest absolute Gasteiger partial charge is 0.250 e. The van der Waals surface area contributed by atoms with Crippen molar-refractivity contribution in [2.75, 3.05) is 11.9 Å².